The lowest BCUT2D eigenvalue weighted by Gasteiger charge is -2.36. The van der Waals surface area contributed by atoms with Gasteiger partial charge in [0.2, 0.25) is 11.8 Å². The summed E-state index contributed by atoms with van der Waals surface area (Å²) in [6, 6.07) is 3.31. The molecule has 10 heteroatoms. The van der Waals surface area contributed by atoms with Crippen molar-refractivity contribution >= 4 is 29.1 Å². The molecule has 2 heterocycles. The fourth-order valence-electron chi connectivity index (χ4n) is 4.04. The molecule has 172 valence electrons. The minimum Gasteiger partial charge on any atom is -0.341 e. The molecule has 0 aromatic heterocycles. The number of hydrogen-bond acceptors (Lipinski definition) is 4. The fraction of sp³-hybridized carbons (Fsp3) is 0.619. The van der Waals surface area contributed by atoms with Crippen LogP contribution in [0.1, 0.15) is 25.3 Å². The fourth-order valence-corrected chi connectivity index (χ4v) is 4.26. The average molecular weight is 461 g/mol. The summed E-state index contributed by atoms with van der Waals surface area (Å²) in [5, 5.41) is 2.10. The molecular formula is C21H28ClF3N4O2. The van der Waals surface area contributed by atoms with Gasteiger partial charge in [-0.2, -0.15) is 13.2 Å². The predicted octanol–water partition coefficient (Wildman–Crippen LogP) is 3.17. The maximum absolute atomic E-state index is 13.0. The molecule has 0 aliphatic carbocycles. The van der Waals surface area contributed by atoms with Gasteiger partial charge in [-0.15, -0.1) is 0 Å². The summed E-state index contributed by atoms with van der Waals surface area (Å²) in [5.74, 6) is 0.309. The number of halogens is 4. The van der Waals surface area contributed by atoms with Gasteiger partial charge in [0.1, 0.15) is 0 Å². The largest absolute Gasteiger partial charge is 0.417 e. The van der Waals surface area contributed by atoms with Crippen LogP contribution in [0.5, 0.6) is 0 Å². The molecule has 6 nitrogen and oxygen atoms in total. The Hall–Kier alpha value is -1.84. The van der Waals surface area contributed by atoms with Gasteiger partial charge < -0.3 is 10.2 Å². The van der Waals surface area contributed by atoms with Crippen LogP contribution in [0.4, 0.5) is 18.9 Å². The van der Waals surface area contributed by atoms with Gasteiger partial charge in [0.15, 0.2) is 0 Å². The van der Waals surface area contributed by atoms with Gasteiger partial charge in [-0.1, -0.05) is 18.5 Å². The molecule has 2 aliphatic heterocycles. The number of anilines is 1. The van der Waals surface area contributed by atoms with Crippen molar-refractivity contribution in [2.75, 3.05) is 57.7 Å². The molecule has 1 unspecified atom stereocenters. The number of rotatable bonds is 5. The van der Waals surface area contributed by atoms with E-state index < -0.39 is 16.8 Å². The molecule has 3 rings (SSSR count). The summed E-state index contributed by atoms with van der Waals surface area (Å²) in [4.78, 5) is 30.8. The van der Waals surface area contributed by atoms with Crippen molar-refractivity contribution in [2.45, 2.75) is 25.9 Å². The monoisotopic (exact) mass is 460 g/mol. The lowest BCUT2D eigenvalue weighted by Crippen LogP contribution is -2.52. The summed E-state index contributed by atoms with van der Waals surface area (Å²) in [5.41, 5.74) is -0.921. The zero-order chi connectivity index (χ0) is 22.6. The molecule has 1 atom stereocenters. The number of piperazine rings is 1. The summed E-state index contributed by atoms with van der Waals surface area (Å²) in [6.45, 7) is 6.84. The van der Waals surface area contributed by atoms with E-state index in [1.165, 1.54) is 6.07 Å². The Balaban J connectivity index is 1.43. The number of carbonyl (C=O) groups is 2. The Kier molecular flexibility index (Phi) is 7.82. The number of likely N-dealkylation sites (tertiary alicyclic amines) is 1. The molecule has 2 amide bonds. The zero-order valence-electron chi connectivity index (χ0n) is 17.6. The summed E-state index contributed by atoms with van der Waals surface area (Å²) >= 11 is 5.61. The first-order chi connectivity index (χ1) is 14.6. The van der Waals surface area contributed by atoms with E-state index >= 15 is 0 Å². The second-order valence-electron chi connectivity index (χ2n) is 8.38. The number of nitrogens with one attached hydrogen (secondary N) is 1. The minimum atomic E-state index is -4.59. The van der Waals surface area contributed by atoms with Crippen LogP contribution >= 0.6 is 11.6 Å². The van der Waals surface area contributed by atoms with Crippen LogP contribution in [0.3, 0.4) is 0 Å². The van der Waals surface area contributed by atoms with Gasteiger partial charge in [-0.3, -0.25) is 19.4 Å². The van der Waals surface area contributed by atoms with E-state index in [0.29, 0.717) is 38.6 Å². The van der Waals surface area contributed by atoms with Crippen LogP contribution in [0, 0.1) is 5.92 Å². The minimum absolute atomic E-state index is 0.0571. The van der Waals surface area contributed by atoms with Gasteiger partial charge in [0.25, 0.3) is 0 Å². The molecule has 0 radical (unpaired) electrons. The molecular weight excluding hydrogens is 433 g/mol. The maximum Gasteiger partial charge on any atom is 0.417 e. The second-order valence-corrected chi connectivity index (χ2v) is 8.79. The van der Waals surface area contributed by atoms with E-state index in [4.69, 9.17) is 11.6 Å². The van der Waals surface area contributed by atoms with Crippen molar-refractivity contribution in [1.82, 2.24) is 14.7 Å². The highest BCUT2D eigenvalue weighted by molar-refractivity contribution is 6.31. The van der Waals surface area contributed by atoms with Crippen LogP contribution in [0.2, 0.25) is 5.02 Å². The first-order valence-corrected chi connectivity index (χ1v) is 10.9. The second kappa shape index (κ2) is 10.2. The van der Waals surface area contributed by atoms with E-state index in [-0.39, 0.29) is 24.0 Å². The summed E-state index contributed by atoms with van der Waals surface area (Å²) < 4.78 is 38.9. The number of piperidine rings is 1. The number of hydrogen-bond donors (Lipinski definition) is 1. The molecule has 1 N–H and O–H groups in total. The quantitative estimate of drug-likeness (QED) is 0.733. The molecule has 1 aromatic carbocycles. The van der Waals surface area contributed by atoms with Crippen molar-refractivity contribution in [2.24, 2.45) is 5.92 Å². The van der Waals surface area contributed by atoms with Crippen LogP contribution in [0.15, 0.2) is 18.2 Å². The third kappa shape index (κ3) is 6.82. The van der Waals surface area contributed by atoms with Gasteiger partial charge in [0.05, 0.1) is 23.7 Å². The Morgan fingerprint density at radius 3 is 2.35 bits per heavy atom. The average Bonchev–Trinajstić information content (AvgIpc) is 2.70. The van der Waals surface area contributed by atoms with E-state index in [1.807, 2.05) is 9.80 Å². The van der Waals surface area contributed by atoms with Crippen molar-refractivity contribution in [3.05, 3.63) is 28.8 Å². The number of alkyl halides is 3. The number of amides is 2. The number of carbonyl (C=O) groups excluding carboxylic acids is 2. The molecule has 1 aromatic rings. The molecule has 0 bridgehead atoms. The third-order valence-electron chi connectivity index (χ3n) is 5.76. The summed E-state index contributed by atoms with van der Waals surface area (Å²) in [6.07, 6.45) is -2.37. The van der Waals surface area contributed by atoms with Crippen LogP contribution in [-0.4, -0.2) is 78.9 Å². The highest BCUT2D eigenvalue weighted by Gasteiger charge is 2.33. The van der Waals surface area contributed by atoms with E-state index in [1.54, 1.807) is 0 Å². The van der Waals surface area contributed by atoms with Crippen LogP contribution in [0.25, 0.3) is 0 Å². The molecule has 31 heavy (non-hydrogen) atoms. The highest BCUT2D eigenvalue weighted by atomic mass is 35.5. The zero-order valence-corrected chi connectivity index (χ0v) is 18.3. The first kappa shape index (κ1) is 23.8. The lowest BCUT2D eigenvalue weighted by atomic mass is 10.0. The van der Waals surface area contributed by atoms with Crippen molar-refractivity contribution in [1.29, 1.82) is 0 Å². The maximum atomic E-state index is 13.0. The van der Waals surface area contributed by atoms with E-state index in [2.05, 4.69) is 17.1 Å². The Morgan fingerprint density at radius 2 is 1.74 bits per heavy atom. The van der Waals surface area contributed by atoms with Gasteiger partial charge >= 0.3 is 6.18 Å². The highest BCUT2D eigenvalue weighted by Crippen LogP contribution is 2.36. The van der Waals surface area contributed by atoms with Gasteiger partial charge in [-0.05, 0) is 37.0 Å². The van der Waals surface area contributed by atoms with E-state index in [9.17, 15) is 22.8 Å². The third-order valence-corrected chi connectivity index (χ3v) is 6.09. The Labute approximate surface area is 185 Å². The topological polar surface area (TPSA) is 55.9 Å². The molecule has 2 aliphatic rings. The number of benzene rings is 1. The molecule has 2 saturated heterocycles. The van der Waals surface area contributed by atoms with E-state index in [0.717, 1.165) is 38.1 Å². The Morgan fingerprint density at radius 1 is 1.10 bits per heavy atom. The summed E-state index contributed by atoms with van der Waals surface area (Å²) in [7, 11) is 0. The Bertz CT molecular complexity index is 797. The van der Waals surface area contributed by atoms with Crippen LogP contribution < -0.4 is 5.32 Å². The number of nitrogens with zero attached hydrogens (tertiary/aromatic N) is 3. The normalized spacial score (nSPS) is 21.2. The molecule has 0 saturated carbocycles. The van der Waals surface area contributed by atoms with Gasteiger partial charge in [0, 0.05) is 45.0 Å². The first-order valence-electron chi connectivity index (χ1n) is 10.5. The van der Waals surface area contributed by atoms with Crippen LogP contribution in [-0.2, 0) is 15.8 Å². The van der Waals surface area contributed by atoms with Crippen molar-refractivity contribution < 1.29 is 22.8 Å². The SMILES string of the molecule is CC1CCCN(C(=O)CN2CCN(CC(=O)Nc3ccc(Cl)c(C(F)(F)F)c3)CC2)C1. The standard InChI is InChI=1S/C21H28ClF3N4O2/c1-15-3-2-6-29(12-15)20(31)14-28-9-7-27(8-10-28)13-19(30)26-16-4-5-18(22)17(11-16)21(23,24)25/h4-5,11,15H,2-3,6-10,12-14H2,1H3,(H,26,30). The lowest BCUT2D eigenvalue weighted by molar-refractivity contribution is -0.137. The molecule has 2 fully saturated rings. The van der Waals surface area contributed by atoms with Crippen molar-refractivity contribution in [3.8, 4) is 0 Å². The molecule has 0 spiro atoms. The predicted molar refractivity (Wildman–Crippen MR) is 113 cm³/mol. The smallest absolute Gasteiger partial charge is 0.341 e. The van der Waals surface area contributed by atoms with Crippen molar-refractivity contribution in [3.63, 3.8) is 0 Å². The van der Waals surface area contributed by atoms with Gasteiger partial charge in [-0.25, -0.2) is 0 Å².